The Bertz CT molecular complexity index is 1040. The second kappa shape index (κ2) is 6.21. The predicted molar refractivity (Wildman–Crippen MR) is 90.8 cm³/mol. The number of benzene rings is 2. The van der Waals surface area contributed by atoms with Crippen LogP contribution in [0.4, 0.5) is 19.1 Å². The van der Waals surface area contributed by atoms with E-state index in [1.54, 1.807) is 6.20 Å². The molecule has 4 nitrogen and oxygen atoms in total. The fourth-order valence-corrected chi connectivity index (χ4v) is 3.11. The van der Waals surface area contributed by atoms with Crippen LogP contribution in [0.1, 0.15) is 5.56 Å². The van der Waals surface area contributed by atoms with Crippen molar-refractivity contribution in [1.82, 2.24) is 15.0 Å². The first-order chi connectivity index (χ1) is 12.1. The van der Waals surface area contributed by atoms with Crippen molar-refractivity contribution in [2.45, 2.75) is 6.54 Å². The Balaban J connectivity index is 1.57. The summed E-state index contributed by atoms with van der Waals surface area (Å²) < 4.78 is 39.9. The van der Waals surface area contributed by atoms with Gasteiger partial charge in [0.25, 0.3) is 0 Å². The van der Waals surface area contributed by atoms with Crippen LogP contribution >= 0.6 is 11.3 Å². The van der Waals surface area contributed by atoms with Crippen molar-refractivity contribution in [2.75, 3.05) is 5.32 Å². The van der Waals surface area contributed by atoms with Crippen molar-refractivity contribution in [3.63, 3.8) is 0 Å². The quantitative estimate of drug-likeness (QED) is 0.518. The lowest BCUT2D eigenvalue weighted by Gasteiger charge is -2.05. The highest BCUT2D eigenvalue weighted by Crippen LogP contribution is 2.26. The van der Waals surface area contributed by atoms with Gasteiger partial charge in [0.15, 0.2) is 17.5 Å². The van der Waals surface area contributed by atoms with Crippen molar-refractivity contribution < 1.29 is 13.2 Å². The summed E-state index contributed by atoms with van der Waals surface area (Å²) in [6.07, 6.45) is 1.74. The average molecular weight is 360 g/mol. The molecule has 0 saturated carbocycles. The van der Waals surface area contributed by atoms with Gasteiger partial charge in [-0.1, -0.05) is 6.07 Å². The normalized spacial score (nSPS) is 11.2. The maximum atomic E-state index is 13.7. The second-order valence-electron chi connectivity index (χ2n) is 5.34. The van der Waals surface area contributed by atoms with Crippen molar-refractivity contribution >= 4 is 28.3 Å². The second-order valence-corrected chi connectivity index (χ2v) is 6.24. The molecule has 0 aliphatic heterocycles. The van der Waals surface area contributed by atoms with Gasteiger partial charge in [0.05, 0.1) is 11.0 Å². The van der Waals surface area contributed by atoms with Gasteiger partial charge in [-0.15, -0.1) is 11.3 Å². The van der Waals surface area contributed by atoms with Crippen LogP contribution in [0.3, 0.4) is 0 Å². The summed E-state index contributed by atoms with van der Waals surface area (Å²) >= 11 is 1.53. The Kier molecular flexibility index (Phi) is 3.89. The lowest BCUT2D eigenvalue weighted by Crippen LogP contribution is -2.05. The molecule has 0 radical (unpaired) electrons. The van der Waals surface area contributed by atoms with Crippen LogP contribution in [0.2, 0.25) is 0 Å². The number of hydrogen-bond acceptors (Lipinski definition) is 4. The van der Waals surface area contributed by atoms with Crippen molar-refractivity contribution in [3.05, 3.63) is 64.9 Å². The minimum Gasteiger partial charge on any atom is -0.352 e. The third-order valence-corrected chi connectivity index (χ3v) is 4.54. The van der Waals surface area contributed by atoms with Gasteiger partial charge in [-0.05, 0) is 24.3 Å². The number of nitrogens with zero attached hydrogens (tertiary/aromatic N) is 2. The largest absolute Gasteiger partial charge is 0.352 e. The van der Waals surface area contributed by atoms with E-state index in [1.807, 2.05) is 23.6 Å². The maximum Gasteiger partial charge on any atom is 0.201 e. The van der Waals surface area contributed by atoms with Crippen LogP contribution < -0.4 is 5.32 Å². The first-order valence-corrected chi connectivity index (χ1v) is 8.25. The number of rotatable bonds is 4. The minimum atomic E-state index is -1.48. The number of halogens is 3. The molecule has 2 N–H and O–H groups in total. The first-order valence-electron chi connectivity index (χ1n) is 7.37. The molecule has 2 heterocycles. The minimum absolute atomic E-state index is 0.0165. The van der Waals surface area contributed by atoms with E-state index < -0.39 is 17.5 Å². The van der Waals surface area contributed by atoms with Gasteiger partial charge in [-0.3, -0.25) is 0 Å². The van der Waals surface area contributed by atoms with E-state index in [1.165, 1.54) is 17.4 Å². The van der Waals surface area contributed by atoms with E-state index in [9.17, 15) is 13.2 Å². The molecule has 0 saturated heterocycles. The summed E-state index contributed by atoms with van der Waals surface area (Å²) in [7, 11) is 0. The van der Waals surface area contributed by atoms with Gasteiger partial charge >= 0.3 is 0 Å². The summed E-state index contributed by atoms with van der Waals surface area (Å²) in [6, 6.07) is 7.79. The number of anilines is 1. The van der Waals surface area contributed by atoms with Crippen LogP contribution in [0.15, 0.2) is 41.9 Å². The molecule has 4 rings (SSSR count). The molecule has 0 amide bonds. The molecule has 126 valence electrons. The number of thiazole rings is 1. The average Bonchev–Trinajstić information content (AvgIpc) is 3.27. The molecule has 25 heavy (non-hydrogen) atoms. The Hall–Kier alpha value is -2.87. The van der Waals surface area contributed by atoms with Gasteiger partial charge in [0.1, 0.15) is 5.01 Å². The summed E-state index contributed by atoms with van der Waals surface area (Å²) in [5.74, 6) is -3.47. The van der Waals surface area contributed by atoms with Crippen LogP contribution in [0.25, 0.3) is 21.6 Å². The SMILES string of the molecule is Fc1ccc(CNc2nc3ccc(-c4nccs4)cc3[nH]2)c(F)c1F. The molecule has 2 aromatic carbocycles. The maximum absolute atomic E-state index is 13.7. The van der Waals surface area contributed by atoms with Gasteiger partial charge < -0.3 is 10.3 Å². The Labute approximate surface area is 144 Å². The number of fused-ring (bicyclic) bond motifs is 1. The fraction of sp³-hybridized carbons (Fsp3) is 0.0588. The van der Waals surface area contributed by atoms with Gasteiger partial charge in [-0.2, -0.15) is 0 Å². The molecule has 0 atom stereocenters. The molecular weight excluding hydrogens is 349 g/mol. The zero-order valence-corrected chi connectivity index (χ0v) is 13.5. The topological polar surface area (TPSA) is 53.6 Å². The zero-order valence-electron chi connectivity index (χ0n) is 12.7. The molecule has 0 fully saturated rings. The number of hydrogen-bond donors (Lipinski definition) is 2. The third-order valence-electron chi connectivity index (χ3n) is 3.72. The first kappa shape index (κ1) is 15.6. The highest BCUT2D eigenvalue weighted by Gasteiger charge is 2.13. The number of aromatic amines is 1. The molecule has 2 aromatic heterocycles. The van der Waals surface area contributed by atoms with E-state index in [2.05, 4.69) is 20.3 Å². The summed E-state index contributed by atoms with van der Waals surface area (Å²) in [5, 5.41) is 5.68. The molecule has 0 aliphatic carbocycles. The van der Waals surface area contributed by atoms with Crippen LogP contribution in [-0.2, 0) is 6.54 Å². The van der Waals surface area contributed by atoms with E-state index in [4.69, 9.17) is 0 Å². The predicted octanol–water partition coefficient (Wildman–Crippen LogP) is 4.72. The molecule has 4 aromatic rings. The third kappa shape index (κ3) is 2.96. The summed E-state index contributed by atoms with van der Waals surface area (Å²) in [6.45, 7) is -0.0256. The van der Waals surface area contributed by atoms with Gasteiger partial charge in [0, 0.05) is 29.2 Å². The monoisotopic (exact) mass is 360 g/mol. The molecule has 0 unspecified atom stereocenters. The molecular formula is C17H11F3N4S. The highest BCUT2D eigenvalue weighted by atomic mass is 32.1. The Morgan fingerprint density at radius 3 is 2.76 bits per heavy atom. The Morgan fingerprint density at radius 1 is 1.08 bits per heavy atom. The summed E-state index contributed by atoms with van der Waals surface area (Å²) in [5.41, 5.74) is 2.50. The number of nitrogens with one attached hydrogen (secondary N) is 2. The van der Waals surface area contributed by atoms with Crippen LogP contribution in [0, 0.1) is 17.5 Å². The van der Waals surface area contributed by atoms with Crippen LogP contribution in [0.5, 0.6) is 0 Å². The smallest absolute Gasteiger partial charge is 0.201 e. The van der Waals surface area contributed by atoms with Crippen molar-refractivity contribution in [3.8, 4) is 10.6 Å². The Morgan fingerprint density at radius 2 is 1.96 bits per heavy atom. The highest BCUT2D eigenvalue weighted by molar-refractivity contribution is 7.13. The van der Waals surface area contributed by atoms with E-state index >= 15 is 0 Å². The molecule has 0 aliphatic rings. The van der Waals surface area contributed by atoms with E-state index in [0.717, 1.165) is 27.7 Å². The van der Waals surface area contributed by atoms with Gasteiger partial charge in [-0.25, -0.2) is 23.1 Å². The van der Waals surface area contributed by atoms with Crippen molar-refractivity contribution in [1.29, 1.82) is 0 Å². The van der Waals surface area contributed by atoms with Crippen LogP contribution in [-0.4, -0.2) is 15.0 Å². The lowest BCUT2D eigenvalue weighted by molar-refractivity contribution is 0.442. The molecule has 0 spiro atoms. The van der Waals surface area contributed by atoms with Crippen molar-refractivity contribution in [2.24, 2.45) is 0 Å². The lowest BCUT2D eigenvalue weighted by atomic mass is 10.2. The molecule has 8 heteroatoms. The van der Waals surface area contributed by atoms with E-state index in [0.29, 0.717) is 5.95 Å². The number of H-pyrrole nitrogens is 1. The fourth-order valence-electron chi connectivity index (χ4n) is 2.47. The number of aromatic nitrogens is 3. The number of imidazole rings is 1. The molecule has 0 bridgehead atoms. The zero-order chi connectivity index (χ0) is 17.4. The van der Waals surface area contributed by atoms with Gasteiger partial charge in [0.2, 0.25) is 5.95 Å². The summed E-state index contributed by atoms with van der Waals surface area (Å²) in [4.78, 5) is 11.7. The van der Waals surface area contributed by atoms with E-state index in [-0.39, 0.29) is 12.1 Å². The standard InChI is InChI=1S/C17H11F3N4S/c18-11-3-1-10(14(19)15(11)20)8-22-17-23-12-4-2-9(7-13(12)24-17)16-21-5-6-25-16/h1-7H,8H2,(H2,22,23,24).